The molecule has 6 nitrogen and oxygen atoms in total. The predicted octanol–water partition coefficient (Wildman–Crippen LogP) is 4.66. The van der Waals surface area contributed by atoms with Crippen LogP contribution in [-0.2, 0) is 11.3 Å². The summed E-state index contributed by atoms with van der Waals surface area (Å²) in [6.45, 7) is 4.28. The van der Waals surface area contributed by atoms with Crippen molar-refractivity contribution in [2.24, 2.45) is 0 Å². The topological polar surface area (TPSA) is 86.5 Å². The number of amides is 1. The van der Waals surface area contributed by atoms with Gasteiger partial charge in [0.15, 0.2) is 0 Å². The molecule has 0 bridgehead atoms. The van der Waals surface area contributed by atoms with E-state index in [2.05, 4.69) is 11.5 Å². The highest BCUT2D eigenvalue weighted by molar-refractivity contribution is 6.08. The monoisotopic (exact) mass is 419 g/mol. The lowest BCUT2D eigenvalue weighted by atomic mass is 10.1. The lowest BCUT2D eigenvalue weighted by Crippen LogP contribution is -2.25. The third kappa shape index (κ3) is 3.90. The van der Waals surface area contributed by atoms with Crippen LogP contribution in [0.1, 0.15) is 28.1 Å². The fraction of sp³-hybridized carbons (Fsp3) is 0.115. The van der Waals surface area contributed by atoms with E-state index in [-0.39, 0.29) is 5.57 Å². The molecule has 0 aliphatic carbocycles. The van der Waals surface area contributed by atoms with Crippen molar-refractivity contribution in [3.8, 4) is 12.1 Å². The number of carbonyl (C=O) groups excluding carboxylic acids is 1. The number of nitrogens with one attached hydrogen (secondary N) is 1. The molecule has 4 aromatic rings. The van der Waals surface area contributed by atoms with Gasteiger partial charge in [-0.15, -0.1) is 0 Å². The van der Waals surface area contributed by atoms with Crippen LogP contribution in [0.2, 0.25) is 0 Å². The van der Waals surface area contributed by atoms with Crippen molar-refractivity contribution in [2.45, 2.75) is 20.4 Å². The zero-order valence-electron chi connectivity index (χ0n) is 17.8. The fourth-order valence-electron chi connectivity index (χ4n) is 3.78. The van der Waals surface area contributed by atoms with Gasteiger partial charge < -0.3 is 4.57 Å². The largest absolute Gasteiger partial charge is 0.342 e. The molecule has 0 fully saturated rings. The lowest BCUT2D eigenvalue weighted by Gasteiger charge is -2.10. The molecular weight excluding hydrogens is 398 g/mol. The van der Waals surface area contributed by atoms with E-state index in [9.17, 15) is 15.3 Å². The van der Waals surface area contributed by atoms with Crippen molar-refractivity contribution in [3.63, 3.8) is 0 Å². The van der Waals surface area contributed by atoms with E-state index < -0.39 is 5.91 Å². The lowest BCUT2D eigenvalue weighted by molar-refractivity contribution is -0.113. The van der Waals surface area contributed by atoms with Crippen LogP contribution in [0.4, 0.5) is 0 Å². The molecule has 156 valence electrons. The Bertz CT molecular complexity index is 1420. The number of carbonyl (C=O) groups is 1. The van der Waals surface area contributed by atoms with Crippen molar-refractivity contribution >= 4 is 22.9 Å². The molecule has 0 atom stereocenters. The number of para-hydroxylation sites is 1. The molecule has 1 amide bonds. The van der Waals surface area contributed by atoms with E-state index in [0.717, 1.165) is 33.4 Å². The number of aryl methyl sites for hydroxylation is 2. The third-order valence-corrected chi connectivity index (χ3v) is 5.45. The number of hydrogen-bond donors (Lipinski definition) is 1. The second kappa shape index (κ2) is 8.67. The minimum Gasteiger partial charge on any atom is -0.342 e. The van der Waals surface area contributed by atoms with E-state index in [1.165, 1.54) is 0 Å². The Kier molecular flexibility index (Phi) is 5.61. The Labute approximate surface area is 186 Å². The van der Waals surface area contributed by atoms with Crippen LogP contribution in [-0.4, -0.2) is 15.2 Å². The first-order chi connectivity index (χ1) is 15.5. The highest BCUT2D eigenvalue weighted by atomic mass is 16.2. The minimum atomic E-state index is -0.471. The first kappa shape index (κ1) is 20.7. The second-order valence-electron chi connectivity index (χ2n) is 7.56. The van der Waals surface area contributed by atoms with Crippen molar-refractivity contribution in [1.82, 2.24) is 9.24 Å². The average molecular weight is 419 g/mol. The summed E-state index contributed by atoms with van der Waals surface area (Å²) in [5.74, 6) is -0.471. The molecular formula is C26H21N5O. The quantitative estimate of drug-likeness (QED) is 0.377. The van der Waals surface area contributed by atoms with Gasteiger partial charge >= 0.3 is 0 Å². The van der Waals surface area contributed by atoms with E-state index >= 15 is 0 Å². The van der Waals surface area contributed by atoms with Crippen molar-refractivity contribution < 1.29 is 4.79 Å². The summed E-state index contributed by atoms with van der Waals surface area (Å²) in [5, 5.41) is 20.0. The molecule has 32 heavy (non-hydrogen) atoms. The third-order valence-electron chi connectivity index (χ3n) is 5.45. The van der Waals surface area contributed by atoms with Crippen LogP contribution in [0.25, 0.3) is 17.0 Å². The number of rotatable bonds is 5. The first-order valence-electron chi connectivity index (χ1n) is 10.2. The highest BCUT2D eigenvalue weighted by Crippen LogP contribution is 2.25. The van der Waals surface area contributed by atoms with Gasteiger partial charge in [0.25, 0.3) is 5.91 Å². The summed E-state index contributed by atoms with van der Waals surface area (Å²) in [4.78, 5) is 12.8. The molecule has 0 aliphatic heterocycles. The maximum absolute atomic E-state index is 12.8. The Morgan fingerprint density at radius 1 is 1.00 bits per heavy atom. The Morgan fingerprint density at radius 3 is 2.41 bits per heavy atom. The van der Waals surface area contributed by atoms with Crippen LogP contribution in [0.3, 0.4) is 0 Å². The molecule has 4 rings (SSSR count). The maximum Gasteiger partial charge on any atom is 0.280 e. The van der Waals surface area contributed by atoms with E-state index in [0.29, 0.717) is 12.1 Å². The van der Waals surface area contributed by atoms with Crippen LogP contribution in [0.15, 0.2) is 72.4 Å². The van der Waals surface area contributed by atoms with Gasteiger partial charge in [0.05, 0.1) is 11.6 Å². The Morgan fingerprint density at radius 2 is 1.69 bits per heavy atom. The van der Waals surface area contributed by atoms with Gasteiger partial charge in [-0.05, 0) is 49.8 Å². The van der Waals surface area contributed by atoms with Crippen LogP contribution in [0.5, 0.6) is 0 Å². The number of benzene rings is 2. The van der Waals surface area contributed by atoms with Gasteiger partial charge in [-0.3, -0.25) is 14.9 Å². The van der Waals surface area contributed by atoms with Crippen LogP contribution >= 0.6 is 0 Å². The highest BCUT2D eigenvalue weighted by Gasteiger charge is 2.14. The van der Waals surface area contributed by atoms with E-state index in [1.54, 1.807) is 16.8 Å². The number of hydrogen-bond acceptors (Lipinski definition) is 3. The van der Waals surface area contributed by atoms with Crippen molar-refractivity contribution in [2.75, 3.05) is 5.43 Å². The van der Waals surface area contributed by atoms with Gasteiger partial charge in [0.1, 0.15) is 11.6 Å². The molecule has 0 saturated carbocycles. The van der Waals surface area contributed by atoms with Gasteiger partial charge in [-0.2, -0.15) is 10.5 Å². The molecule has 2 aromatic heterocycles. The Hall–Kier alpha value is -4.55. The minimum absolute atomic E-state index is 0.0119. The number of nitriles is 2. The fourth-order valence-corrected chi connectivity index (χ4v) is 3.78. The summed E-state index contributed by atoms with van der Waals surface area (Å²) in [7, 11) is 0. The Balaban J connectivity index is 1.72. The molecule has 0 unspecified atom stereocenters. The molecule has 0 saturated heterocycles. The molecule has 0 spiro atoms. The summed E-state index contributed by atoms with van der Waals surface area (Å²) in [6.07, 6.45) is 3.52. The molecule has 0 radical (unpaired) electrons. The van der Waals surface area contributed by atoms with Crippen LogP contribution in [0, 0.1) is 36.5 Å². The van der Waals surface area contributed by atoms with Gasteiger partial charge in [-0.1, -0.05) is 36.4 Å². The summed E-state index contributed by atoms with van der Waals surface area (Å²) in [5.41, 5.74) is 7.80. The number of fused-ring (bicyclic) bond motifs is 1. The van der Waals surface area contributed by atoms with E-state index in [1.807, 2.05) is 85.3 Å². The molecule has 1 N–H and O–H groups in total. The van der Waals surface area contributed by atoms with Gasteiger partial charge in [0.2, 0.25) is 0 Å². The standard InChI is InChI=1S/C26H21N5O/c1-18-11-12-19(2)31(18)29-26(32)22(15-28)13-23-17-30(25-10-6-5-9-24(23)25)16-21-8-4-3-7-20(21)14-27/h3-13,17H,16H2,1-2H3,(H,29,32)/b22-13+. The predicted molar refractivity (Wildman–Crippen MR) is 124 cm³/mol. The van der Waals surface area contributed by atoms with Gasteiger partial charge in [-0.25, -0.2) is 0 Å². The average Bonchev–Trinajstić information content (AvgIpc) is 3.32. The summed E-state index contributed by atoms with van der Waals surface area (Å²) >= 11 is 0. The summed E-state index contributed by atoms with van der Waals surface area (Å²) < 4.78 is 3.69. The van der Waals surface area contributed by atoms with Crippen LogP contribution < -0.4 is 5.43 Å². The molecule has 2 aromatic carbocycles. The van der Waals surface area contributed by atoms with Crippen molar-refractivity contribution in [3.05, 3.63) is 101 Å². The summed E-state index contributed by atoms with van der Waals surface area (Å²) in [6, 6.07) is 23.4. The zero-order valence-corrected chi connectivity index (χ0v) is 17.8. The molecule has 0 aliphatic rings. The van der Waals surface area contributed by atoms with Crippen molar-refractivity contribution in [1.29, 1.82) is 10.5 Å². The SMILES string of the molecule is Cc1ccc(C)n1NC(=O)/C(C#N)=C/c1cn(Cc2ccccc2C#N)c2ccccc12. The number of nitrogens with zero attached hydrogens (tertiary/aromatic N) is 4. The molecule has 6 heteroatoms. The normalized spacial score (nSPS) is 11.2. The molecule has 2 heterocycles. The maximum atomic E-state index is 12.8. The zero-order chi connectivity index (χ0) is 22.7. The second-order valence-corrected chi connectivity index (χ2v) is 7.56. The number of aromatic nitrogens is 2. The first-order valence-corrected chi connectivity index (χ1v) is 10.2. The van der Waals surface area contributed by atoms with Gasteiger partial charge in [0, 0.05) is 40.6 Å². The smallest absolute Gasteiger partial charge is 0.280 e. The van der Waals surface area contributed by atoms with E-state index in [4.69, 9.17) is 0 Å².